The summed E-state index contributed by atoms with van der Waals surface area (Å²) in [5.41, 5.74) is 2.09. The first-order chi connectivity index (χ1) is 14.1. The van der Waals surface area contributed by atoms with Gasteiger partial charge < -0.3 is 18.8 Å². The fourth-order valence-electron chi connectivity index (χ4n) is 3.23. The fraction of sp³-hybridized carbons (Fsp3) is 0.304. The predicted molar refractivity (Wildman–Crippen MR) is 111 cm³/mol. The maximum Gasteiger partial charge on any atom is 0.290 e. The Morgan fingerprint density at radius 1 is 0.966 bits per heavy atom. The van der Waals surface area contributed by atoms with Crippen LogP contribution in [0.5, 0.6) is 0 Å². The highest BCUT2D eigenvalue weighted by molar-refractivity contribution is 5.94. The Labute approximate surface area is 171 Å². The molecule has 0 bridgehead atoms. The second-order valence-corrected chi connectivity index (χ2v) is 7.05. The fourth-order valence-corrected chi connectivity index (χ4v) is 3.23. The highest BCUT2D eigenvalue weighted by Gasteiger charge is 2.24. The van der Waals surface area contributed by atoms with Gasteiger partial charge in [0.1, 0.15) is 6.54 Å². The number of benzene rings is 1. The van der Waals surface area contributed by atoms with Gasteiger partial charge in [-0.2, -0.15) is 0 Å². The van der Waals surface area contributed by atoms with E-state index >= 15 is 0 Å². The van der Waals surface area contributed by atoms with Crippen molar-refractivity contribution in [1.82, 2.24) is 14.4 Å². The molecule has 0 fully saturated rings. The molecule has 0 N–H and O–H groups in total. The molecule has 0 saturated heterocycles. The van der Waals surface area contributed by atoms with Crippen molar-refractivity contribution in [3.63, 3.8) is 0 Å². The molecule has 152 valence electrons. The molecule has 3 aromatic rings. The van der Waals surface area contributed by atoms with E-state index in [9.17, 15) is 9.59 Å². The molecule has 0 spiro atoms. The molecule has 0 atom stereocenters. The van der Waals surface area contributed by atoms with E-state index < -0.39 is 0 Å². The molecule has 0 unspecified atom stereocenters. The molecular weight excluding hydrogens is 366 g/mol. The second kappa shape index (κ2) is 9.78. The number of rotatable bonds is 9. The van der Waals surface area contributed by atoms with Crippen molar-refractivity contribution in [3.05, 3.63) is 84.1 Å². The van der Waals surface area contributed by atoms with Crippen LogP contribution in [0.25, 0.3) is 0 Å². The lowest BCUT2D eigenvalue weighted by Gasteiger charge is -2.27. The van der Waals surface area contributed by atoms with E-state index in [-0.39, 0.29) is 24.1 Å². The quantitative estimate of drug-likeness (QED) is 0.557. The molecule has 0 aliphatic heterocycles. The zero-order valence-electron chi connectivity index (χ0n) is 17.0. The molecule has 0 aliphatic rings. The van der Waals surface area contributed by atoms with Gasteiger partial charge in [-0.15, -0.1) is 0 Å². The molecule has 2 amide bonds. The van der Waals surface area contributed by atoms with Gasteiger partial charge in [0, 0.05) is 32.0 Å². The largest absolute Gasteiger partial charge is 0.459 e. The molecular formula is C23H27N3O3. The van der Waals surface area contributed by atoms with Crippen LogP contribution in [0.15, 0.2) is 71.5 Å². The number of carbonyl (C=O) groups excluding carboxylic acids is 2. The standard InChI is InChI=1S/C23H27N3O3/c1-3-13-25(23(28)21-12-8-15-29-21)18-22(27)26(16-19-9-5-4-6-10-19)17-20-11-7-14-24(20)2/h4-12,14-15H,3,13,16-18H2,1-2H3. The first kappa shape index (κ1) is 20.5. The Morgan fingerprint density at radius 2 is 1.76 bits per heavy atom. The van der Waals surface area contributed by atoms with Gasteiger partial charge >= 0.3 is 0 Å². The second-order valence-electron chi connectivity index (χ2n) is 7.05. The van der Waals surface area contributed by atoms with Crippen LogP contribution in [0.4, 0.5) is 0 Å². The minimum absolute atomic E-state index is 0.0185. The Balaban J connectivity index is 1.78. The van der Waals surface area contributed by atoms with Crippen LogP contribution in [0, 0.1) is 0 Å². The molecule has 29 heavy (non-hydrogen) atoms. The number of nitrogens with zero attached hydrogens (tertiary/aromatic N) is 3. The normalized spacial score (nSPS) is 10.7. The smallest absolute Gasteiger partial charge is 0.290 e. The number of hydrogen-bond acceptors (Lipinski definition) is 3. The first-order valence-corrected chi connectivity index (χ1v) is 9.83. The zero-order valence-corrected chi connectivity index (χ0v) is 17.0. The van der Waals surface area contributed by atoms with Crippen LogP contribution in [-0.2, 0) is 24.9 Å². The van der Waals surface area contributed by atoms with E-state index in [1.165, 1.54) is 6.26 Å². The summed E-state index contributed by atoms with van der Waals surface area (Å²) >= 11 is 0. The molecule has 6 nitrogen and oxygen atoms in total. The van der Waals surface area contributed by atoms with Crippen molar-refractivity contribution < 1.29 is 14.0 Å². The summed E-state index contributed by atoms with van der Waals surface area (Å²) in [6.45, 7) is 3.46. The van der Waals surface area contributed by atoms with E-state index in [0.717, 1.165) is 17.7 Å². The highest BCUT2D eigenvalue weighted by atomic mass is 16.3. The van der Waals surface area contributed by atoms with Crippen LogP contribution in [0.3, 0.4) is 0 Å². The molecule has 6 heteroatoms. The van der Waals surface area contributed by atoms with Gasteiger partial charge in [0.25, 0.3) is 5.91 Å². The summed E-state index contributed by atoms with van der Waals surface area (Å²) in [5.74, 6) is -0.101. The summed E-state index contributed by atoms with van der Waals surface area (Å²) in [4.78, 5) is 29.3. The van der Waals surface area contributed by atoms with Crippen LogP contribution < -0.4 is 0 Å². The number of hydrogen-bond donors (Lipinski definition) is 0. The number of amides is 2. The summed E-state index contributed by atoms with van der Waals surface area (Å²) in [6, 6.07) is 17.2. The van der Waals surface area contributed by atoms with Crippen LogP contribution >= 0.6 is 0 Å². The van der Waals surface area contributed by atoms with Gasteiger partial charge in [-0.1, -0.05) is 37.3 Å². The lowest BCUT2D eigenvalue weighted by molar-refractivity contribution is -0.133. The van der Waals surface area contributed by atoms with Gasteiger partial charge in [0.2, 0.25) is 5.91 Å². The van der Waals surface area contributed by atoms with Crippen LogP contribution in [0.2, 0.25) is 0 Å². The van der Waals surface area contributed by atoms with Crippen molar-refractivity contribution in [2.45, 2.75) is 26.4 Å². The van der Waals surface area contributed by atoms with E-state index in [2.05, 4.69) is 0 Å². The molecule has 3 rings (SSSR count). The number of aryl methyl sites for hydroxylation is 1. The summed E-state index contributed by atoms with van der Waals surface area (Å²) in [5, 5.41) is 0. The lowest BCUT2D eigenvalue weighted by atomic mass is 10.2. The average molecular weight is 393 g/mol. The number of furan rings is 1. The van der Waals surface area contributed by atoms with Crippen molar-refractivity contribution in [2.24, 2.45) is 7.05 Å². The monoisotopic (exact) mass is 393 g/mol. The summed E-state index contributed by atoms with van der Waals surface area (Å²) < 4.78 is 7.24. The SMILES string of the molecule is CCCN(CC(=O)N(Cc1ccccc1)Cc1cccn1C)C(=O)c1ccco1. The molecule has 2 heterocycles. The van der Waals surface area contributed by atoms with Crippen molar-refractivity contribution in [1.29, 1.82) is 0 Å². The minimum atomic E-state index is -0.260. The van der Waals surface area contributed by atoms with Gasteiger partial charge in [-0.3, -0.25) is 9.59 Å². The Bertz CT molecular complexity index is 916. The predicted octanol–water partition coefficient (Wildman–Crippen LogP) is 3.70. The molecule has 1 aromatic carbocycles. The number of carbonyl (C=O) groups is 2. The Hall–Kier alpha value is -3.28. The van der Waals surface area contributed by atoms with Crippen molar-refractivity contribution >= 4 is 11.8 Å². The topological polar surface area (TPSA) is 58.7 Å². The molecule has 0 aliphatic carbocycles. The Morgan fingerprint density at radius 3 is 2.38 bits per heavy atom. The third-order valence-corrected chi connectivity index (χ3v) is 4.81. The van der Waals surface area contributed by atoms with Crippen LogP contribution in [0.1, 0.15) is 35.2 Å². The highest BCUT2D eigenvalue weighted by Crippen LogP contribution is 2.13. The molecule has 0 saturated carbocycles. The van der Waals surface area contributed by atoms with Gasteiger partial charge in [-0.05, 0) is 36.2 Å². The van der Waals surface area contributed by atoms with E-state index in [1.807, 2.05) is 67.2 Å². The van der Waals surface area contributed by atoms with E-state index in [1.54, 1.807) is 21.9 Å². The average Bonchev–Trinajstić information content (AvgIpc) is 3.40. The third kappa shape index (κ3) is 5.38. The van der Waals surface area contributed by atoms with E-state index in [4.69, 9.17) is 4.42 Å². The van der Waals surface area contributed by atoms with E-state index in [0.29, 0.717) is 19.6 Å². The molecule has 2 aromatic heterocycles. The lowest BCUT2D eigenvalue weighted by Crippen LogP contribution is -2.43. The van der Waals surface area contributed by atoms with Gasteiger partial charge in [0.15, 0.2) is 5.76 Å². The summed E-state index contributed by atoms with van der Waals surface area (Å²) in [7, 11) is 1.96. The maximum absolute atomic E-state index is 13.2. The zero-order chi connectivity index (χ0) is 20.6. The van der Waals surface area contributed by atoms with Crippen molar-refractivity contribution in [2.75, 3.05) is 13.1 Å². The number of aromatic nitrogens is 1. The third-order valence-electron chi connectivity index (χ3n) is 4.81. The Kier molecular flexibility index (Phi) is 6.89. The summed E-state index contributed by atoms with van der Waals surface area (Å²) in [6.07, 6.45) is 4.19. The molecule has 0 radical (unpaired) electrons. The van der Waals surface area contributed by atoms with Crippen molar-refractivity contribution in [3.8, 4) is 0 Å². The van der Waals surface area contributed by atoms with Crippen LogP contribution in [-0.4, -0.2) is 39.3 Å². The minimum Gasteiger partial charge on any atom is -0.459 e. The first-order valence-electron chi connectivity index (χ1n) is 9.83. The maximum atomic E-state index is 13.2. The van der Waals surface area contributed by atoms with Gasteiger partial charge in [-0.25, -0.2) is 0 Å². The van der Waals surface area contributed by atoms with Gasteiger partial charge in [0.05, 0.1) is 12.8 Å².